The van der Waals surface area contributed by atoms with Crippen LogP contribution in [0.15, 0.2) is 0 Å². The molecule has 0 aromatic rings. The maximum absolute atomic E-state index is 8.08. The lowest BCUT2D eigenvalue weighted by atomic mass is 10.2. The highest BCUT2D eigenvalue weighted by Crippen LogP contribution is 1.94. The van der Waals surface area contributed by atoms with Crippen LogP contribution < -0.4 is 0 Å². The zero-order valence-corrected chi connectivity index (χ0v) is 6.68. The molecule has 8 heavy (non-hydrogen) atoms. The summed E-state index contributed by atoms with van der Waals surface area (Å²) in [5.41, 5.74) is 0. The van der Waals surface area contributed by atoms with Gasteiger partial charge >= 0.3 is 0 Å². The summed E-state index contributed by atoms with van der Waals surface area (Å²) in [4.78, 5) is 0. The molecule has 0 saturated heterocycles. The van der Waals surface area contributed by atoms with Crippen molar-refractivity contribution in [1.29, 1.82) is 5.26 Å². The average molecular weight is 156 g/mol. The minimum atomic E-state index is 0. The Bertz CT molecular complexity index is 67.3. The molecular formula is C5H11Cl2N. The van der Waals surface area contributed by atoms with Gasteiger partial charge in [0.05, 0.1) is 6.07 Å². The van der Waals surface area contributed by atoms with Crippen LogP contribution in [0, 0.1) is 17.2 Å². The summed E-state index contributed by atoms with van der Waals surface area (Å²) >= 11 is 0. The van der Waals surface area contributed by atoms with E-state index in [1.807, 2.05) is 13.8 Å². The summed E-state index contributed by atoms with van der Waals surface area (Å²) in [6.45, 7) is 3.92. The van der Waals surface area contributed by atoms with Crippen LogP contribution in [0.5, 0.6) is 0 Å². The highest BCUT2D eigenvalue weighted by Gasteiger charge is 1.88. The number of halogens is 2. The van der Waals surface area contributed by atoms with E-state index < -0.39 is 0 Å². The Morgan fingerprint density at radius 2 is 1.88 bits per heavy atom. The molecule has 0 rings (SSSR count). The maximum Gasteiger partial charge on any atom is 0.0652 e. The third-order valence-electron chi connectivity index (χ3n) is 0.833. The predicted octanol–water partition coefficient (Wildman–Crippen LogP) is 2.40. The van der Waals surface area contributed by atoms with Gasteiger partial charge in [-0.05, 0) is 13.3 Å². The second-order valence-electron chi connectivity index (χ2n) is 1.44. The van der Waals surface area contributed by atoms with Crippen molar-refractivity contribution in [3.05, 3.63) is 0 Å². The van der Waals surface area contributed by atoms with Crippen LogP contribution in [0.1, 0.15) is 20.3 Å². The van der Waals surface area contributed by atoms with Gasteiger partial charge in [0.25, 0.3) is 0 Å². The molecule has 0 spiro atoms. The van der Waals surface area contributed by atoms with Gasteiger partial charge in [0.1, 0.15) is 0 Å². The van der Waals surface area contributed by atoms with E-state index in [1.165, 1.54) is 0 Å². The number of hydrogen-bond donors (Lipinski definition) is 0. The standard InChI is InChI=1S/C5H9N.2ClH/c1-3-5(2)4-6;;/h5H,3H2,1-2H3;2*1H. The van der Waals surface area contributed by atoms with Gasteiger partial charge in [0, 0.05) is 5.92 Å². The molecule has 0 N–H and O–H groups in total. The fourth-order valence-electron chi connectivity index (χ4n) is 0.0913. The number of nitrogens with zero attached hydrogens (tertiary/aromatic N) is 1. The van der Waals surface area contributed by atoms with Crippen LogP contribution in [0.3, 0.4) is 0 Å². The first-order valence-electron chi connectivity index (χ1n) is 2.20. The van der Waals surface area contributed by atoms with Crippen molar-refractivity contribution in [2.24, 2.45) is 5.92 Å². The Morgan fingerprint density at radius 1 is 1.50 bits per heavy atom. The van der Waals surface area contributed by atoms with E-state index in [4.69, 9.17) is 5.26 Å². The summed E-state index contributed by atoms with van der Waals surface area (Å²) in [5, 5.41) is 8.08. The monoisotopic (exact) mass is 155 g/mol. The zero-order valence-electron chi connectivity index (χ0n) is 5.05. The molecule has 0 aliphatic carbocycles. The Balaban J connectivity index is -0.000000125. The molecule has 50 valence electrons. The molecule has 0 aromatic carbocycles. The van der Waals surface area contributed by atoms with E-state index >= 15 is 0 Å². The molecule has 0 amide bonds. The van der Waals surface area contributed by atoms with Gasteiger partial charge in [-0.3, -0.25) is 0 Å². The second-order valence-corrected chi connectivity index (χ2v) is 1.44. The van der Waals surface area contributed by atoms with Crippen molar-refractivity contribution < 1.29 is 0 Å². The van der Waals surface area contributed by atoms with Crippen molar-refractivity contribution in [2.45, 2.75) is 20.3 Å². The molecule has 0 saturated carbocycles. The van der Waals surface area contributed by atoms with Crippen molar-refractivity contribution in [3.8, 4) is 6.07 Å². The Hall–Kier alpha value is 0.0700. The van der Waals surface area contributed by atoms with E-state index in [-0.39, 0.29) is 30.7 Å². The molecule has 1 nitrogen and oxygen atoms in total. The van der Waals surface area contributed by atoms with Crippen LogP contribution in [0.2, 0.25) is 0 Å². The second kappa shape index (κ2) is 10.1. The van der Waals surface area contributed by atoms with Crippen molar-refractivity contribution in [3.63, 3.8) is 0 Å². The molecule has 0 bridgehead atoms. The minimum absolute atomic E-state index is 0. The van der Waals surface area contributed by atoms with Crippen LogP contribution >= 0.6 is 24.8 Å². The third kappa shape index (κ3) is 9.42. The maximum atomic E-state index is 8.08. The summed E-state index contributed by atoms with van der Waals surface area (Å²) in [7, 11) is 0. The summed E-state index contributed by atoms with van der Waals surface area (Å²) in [6, 6.07) is 2.11. The van der Waals surface area contributed by atoms with E-state index in [0.717, 1.165) is 6.42 Å². The largest absolute Gasteiger partial charge is 0.198 e. The van der Waals surface area contributed by atoms with Crippen molar-refractivity contribution in [1.82, 2.24) is 0 Å². The van der Waals surface area contributed by atoms with Gasteiger partial charge in [-0.15, -0.1) is 24.8 Å². The molecule has 0 aliphatic rings. The van der Waals surface area contributed by atoms with Gasteiger partial charge in [0.15, 0.2) is 0 Å². The van der Waals surface area contributed by atoms with Gasteiger partial charge in [-0.25, -0.2) is 0 Å². The van der Waals surface area contributed by atoms with Crippen LogP contribution in [-0.4, -0.2) is 0 Å². The molecule has 3 heteroatoms. The molecule has 0 radical (unpaired) electrons. The number of nitriles is 1. The van der Waals surface area contributed by atoms with Crippen molar-refractivity contribution >= 4 is 24.8 Å². The molecule has 0 heterocycles. The van der Waals surface area contributed by atoms with Crippen LogP contribution in [-0.2, 0) is 0 Å². The van der Waals surface area contributed by atoms with E-state index in [9.17, 15) is 0 Å². The summed E-state index contributed by atoms with van der Waals surface area (Å²) in [6.07, 6.45) is 0.969. The molecule has 0 fully saturated rings. The van der Waals surface area contributed by atoms with Gasteiger partial charge < -0.3 is 0 Å². The number of rotatable bonds is 1. The topological polar surface area (TPSA) is 23.8 Å². The van der Waals surface area contributed by atoms with Gasteiger partial charge in [0.2, 0.25) is 0 Å². The smallest absolute Gasteiger partial charge is 0.0652 e. The van der Waals surface area contributed by atoms with E-state index in [1.54, 1.807) is 0 Å². The molecule has 0 aliphatic heterocycles. The van der Waals surface area contributed by atoms with Crippen LogP contribution in [0.4, 0.5) is 0 Å². The molecule has 1 unspecified atom stereocenters. The highest BCUT2D eigenvalue weighted by molar-refractivity contribution is 5.85. The lowest BCUT2D eigenvalue weighted by molar-refractivity contribution is 0.713. The molecule has 0 aromatic heterocycles. The third-order valence-corrected chi connectivity index (χ3v) is 0.833. The fraction of sp³-hybridized carbons (Fsp3) is 0.800. The van der Waals surface area contributed by atoms with E-state index in [2.05, 4.69) is 6.07 Å². The lowest BCUT2D eigenvalue weighted by Gasteiger charge is -1.87. The normalized spacial score (nSPS) is 9.62. The summed E-state index contributed by atoms with van der Waals surface area (Å²) < 4.78 is 0. The highest BCUT2D eigenvalue weighted by atomic mass is 35.5. The first kappa shape index (κ1) is 15.7. The predicted molar refractivity (Wildman–Crippen MR) is 39.6 cm³/mol. The van der Waals surface area contributed by atoms with Gasteiger partial charge in [-0.1, -0.05) is 6.92 Å². The minimum Gasteiger partial charge on any atom is -0.198 e. The SMILES string of the molecule is CCC(C)C#N.Cl.Cl. The number of hydrogen-bond acceptors (Lipinski definition) is 1. The van der Waals surface area contributed by atoms with Crippen LogP contribution in [0.25, 0.3) is 0 Å². The first-order valence-corrected chi connectivity index (χ1v) is 2.20. The first-order chi connectivity index (χ1) is 2.81. The summed E-state index contributed by atoms with van der Waals surface area (Å²) in [5.74, 6) is 0.241. The molecular weight excluding hydrogens is 145 g/mol. The Labute approximate surface area is 62.9 Å². The molecule has 1 atom stereocenters. The Morgan fingerprint density at radius 3 is 1.88 bits per heavy atom. The van der Waals surface area contributed by atoms with E-state index in [0.29, 0.717) is 0 Å². The fourth-order valence-corrected chi connectivity index (χ4v) is 0.0913. The quantitative estimate of drug-likeness (QED) is 0.571. The Kier molecular flexibility index (Phi) is 19.9. The average Bonchev–Trinajstić information content (AvgIpc) is 1.65. The zero-order chi connectivity index (χ0) is 4.99. The lowest BCUT2D eigenvalue weighted by Crippen LogP contribution is -1.81. The van der Waals surface area contributed by atoms with Crippen molar-refractivity contribution in [2.75, 3.05) is 0 Å². The van der Waals surface area contributed by atoms with Gasteiger partial charge in [-0.2, -0.15) is 5.26 Å².